The number of nitrogens with zero attached hydrogens (tertiary/aromatic N) is 2. The summed E-state index contributed by atoms with van der Waals surface area (Å²) in [5.74, 6) is 0. The highest BCUT2D eigenvalue weighted by Gasteiger charge is 2.28. The van der Waals surface area contributed by atoms with Gasteiger partial charge in [0.15, 0.2) is 0 Å². The molecule has 0 atom stereocenters. The van der Waals surface area contributed by atoms with E-state index in [2.05, 4.69) is 11.8 Å². The van der Waals surface area contributed by atoms with Gasteiger partial charge in [-0.05, 0) is 36.2 Å². The van der Waals surface area contributed by atoms with Crippen molar-refractivity contribution in [1.29, 1.82) is 0 Å². The number of hydrogen-bond acceptors (Lipinski definition) is 3. The van der Waals surface area contributed by atoms with Crippen LogP contribution in [-0.4, -0.2) is 38.9 Å². The lowest BCUT2D eigenvalue weighted by Gasteiger charge is -2.35. The first kappa shape index (κ1) is 17.3. The normalized spacial score (nSPS) is 16.3. The van der Waals surface area contributed by atoms with E-state index in [0.29, 0.717) is 36.1 Å². The number of aryl methyl sites for hydroxylation is 1. The first-order valence-corrected chi connectivity index (χ1v) is 9.92. The molecule has 0 amide bonds. The van der Waals surface area contributed by atoms with E-state index in [-0.39, 0.29) is 0 Å². The van der Waals surface area contributed by atoms with Crippen molar-refractivity contribution in [3.63, 3.8) is 0 Å². The summed E-state index contributed by atoms with van der Waals surface area (Å²) in [4.78, 5) is 2.50. The molecule has 0 N–H and O–H groups in total. The number of halogens is 1. The van der Waals surface area contributed by atoms with Crippen molar-refractivity contribution >= 4 is 27.3 Å². The van der Waals surface area contributed by atoms with Crippen LogP contribution >= 0.6 is 11.6 Å². The second-order valence-corrected chi connectivity index (χ2v) is 8.19. The number of hydrogen-bond donors (Lipinski definition) is 0. The maximum absolute atomic E-state index is 12.8. The maximum Gasteiger partial charge on any atom is 0.243 e. The van der Waals surface area contributed by atoms with Gasteiger partial charge in [-0.25, -0.2) is 8.42 Å². The molecule has 1 heterocycles. The molecule has 6 heteroatoms. The van der Waals surface area contributed by atoms with Gasteiger partial charge in [0.25, 0.3) is 0 Å². The number of piperazine rings is 1. The Morgan fingerprint density at radius 2 is 1.58 bits per heavy atom. The average molecular weight is 365 g/mol. The molecule has 24 heavy (non-hydrogen) atoms. The highest BCUT2D eigenvalue weighted by atomic mass is 35.5. The molecule has 1 aliphatic rings. The van der Waals surface area contributed by atoms with Crippen LogP contribution in [0.1, 0.15) is 12.5 Å². The van der Waals surface area contributed by atoms with Crippen molar-refractivity contribution in [2.75, 3.05) is 31.1 Å². The van der Waals surface area contributed by atoms with E-state index in [1.165, 1.54) is 0 Å². The quantitative estimate of drug-likeness (QED) is 0.834. The van der Waals surface area contributed by atoms with Gasteiger partial charge in [0.1, 0.15) is 0 Å². The lowest BCUT2D eigenvalue weighted by Crippen LogP contribution is -2.48. The second-order valence-electron chi connectivity index (χ2n) is 5.84. The van der Waals surface area contributed by atoms with Crippen LogP contribution in [0, 0.1) is 0 Å². The summed E-state index contributed by atoms with van der Waals surface area (Å²) in [7, 11) is -3.43. The highest BCUT2D eigenvalue weighted by Crippen LogP contribution is 2.27. The standard InChI is InChI=1S/C18H21ClN2O2S/c1-2-15-7-9-16(10-8-15)24(22,23)21-13-11-20(12-14-21)18-6-4-3-5-17(18)19/h3-10H,2,11-14H2,1H3. The first-order chi connectivity index (χ1) is 11.5. The van der Waals surface area contributed by atoms with Crippen LogP contribution in [0.3, 0.4) is 0 Å². The molecule has 0 unspecified atom stereocenters. The van der Waals surface area contributed by atoms with E-state index in [4.69, 9.17) is 11.6 Å². The molecule has 1 saturated heterocycles. The first-order valence-electron chi connectivity index (χ1n) is 8.11. The van der Waals surface area contributed by atoms with Crippen molar-refractivity contribution < 1.29 is 8.42 Å². The second kappa shape index (κ2) is 7.13. The Hall–Kier alpha value is -1.56. The Labute approximate surface area is 148 Å². The van der Waals surface area contributed by atoms with E-state index in [9.17, 15) is 8.42 Å². The van der Waals surface area contributed by atoms with Gasteiger partial charge in [-0.2, -0.15) is 4.31 Å². The Morgan fingerprint density at radius 1 is 0.958 bits per heavy atom. The maximum atomic E-state index is 12.8. The molecule has 0 radical (unpaired) electrons. The number of benzene rings is 2. The molecule has 0 bridgehead atoms. The largest absolute Gasteiger partial charge is 0.368 e. The summed E-state index contributed by atoms with van der Waals surface area (Å²) >= 11 is 6.23. The molecule has 0 aliphatic carbocycles. The topological polar surface area (TPSA) is 40.6 Å². The molecule has 2 aromatic rings. The van der Waals surface area contributed by atoms with Crippen LogP contribution in [0.25, 0.3) is 0 Å². The zero-order valence-corrected chi connectivity index (χ0v) is 15.2. The van der Waals surface area contributed by atoms with E-state index < -0.39 is 10.0 Å². The summed E-state index contributed by atoms with van der Waals surface area (Å²) in [6.45, 7) is 4.25. The van der Waals surface area contributed by atoms with Gasteiger partial charge in [-0.1, -0.05) is 42.8 Å². The van der Waals surface area contributed by atoms with Gasteiger partial charge in [0.2, 0.25) is 10.0 Å². The Morgan fingerprint density at radius 3 is 2.17 bits per heavy atom. The molecule has 128 valence electrons. The van der Waals surface area contributed by atoms with Gasteiger partial charge < -0.3 is 4.90 Å². The molecule has 0 spiro atoms. The lowest BCUT2D eigenvalue weighted by atomic mass is 10.2. The molecular formula is C18H21ClN2O2S. The fourth-order valence-corrected chi connectivity index (χ4v) is 4.60. The summed E-state index contributed by atoms with van der Waals surface area (Å²) < 4.78 is 27.1. The number of rotatable bonds is 4. The molecule has 1 aliphatic heterocycles. The number of para-hydroxylation sites is 1. The van der Waals surface area contributed by atoms with Crippen LogP contribution in [0.2, 0.25) is 5.02 Å². The van der Waals surface area contributed by atoms with Crippen LogP contribution in [0.5, 0.6) is 0 Å². The summed E-state index contributed by atoms with van der Waals surface area (Å²) in [5, 5.41) is 0.698. The van der Waals surface area contributed by atoms with Gasteiger partial charge >= 0.3 is 0 Å². The van der Waals surface area contributed by atoms with Crippen LogP contribution in [0.15, 0.2) is 53.4 Å². The lowest BCUT2D eigenvalue weighted by molar-refractivity contribution is 0.385. The van der Waals surface area contributed by atoms with Crippen LogP contribution < -0.4 is 4.90 Å². The van der Waals surface area contributed by atoms with Gasteiger partial charge in [0.05, 0.1) is 15.6 Å². The highest BCUT2D eigenvalue weighted by molar-refractivity contribution is 7.89. The number of anilines is 1. The van der Waals surface area contributed by atoms with Gasteiger partial charge in [-0.15, -0.1) is 0 Å². The smallest absolute Gasteiger partial charge is 0.243 e. The molecule has 2 aromatic carbocycles. The van der Waals surface area contributed by atoms with Crippen LogP contribution in [-0.2, 0) is 16.4 Å². The third-order valence-corrected chi connectivity index (χ3v) is 6.63. The molecule has 0 aromatic heterocycles. The monoisotopic (exact) mass is 364 g/mol. The summed E-state index contributed by atoms with van der Waals surface area (Å²) in [6.07, 6.45) is 0.900. The van der Waals surface area contributed by atoms with E-state index in [1.54, 1.807) is 16.4 Å². The van der Waals surface area contributed by atoms with Crippen molar-refractivity contribution in [3.8, 4) is 0 Å². The summed E-state index contributed by atoms with van der Waals surface area (Å²) in [5.41, 5.74) is 2.10. The van der Waals surface area contributed by atoms with E-state index in [1.807, 2.05) is 36.4 Å². The van der Waals surface area contributed by atoms with Crippen molar-refractivity contribution in [3.05, 3.63) is 59.1 Å². The summed E-state index contributed by atoms with van der Waals surface area (Å²) in [6, 6.07) is 14.8. The third-order valence-electron chi connectivity index (χ3n) is 4.40. The van der Waals surface area contributed by atoms with Gasteiger partial charge in [-0.3, -0.25) is 0 Å². The fourth-order valence-electron chi connectivity index (χ4n) is 2.92. The average Bonchev–Trinajstić information content (AvgIpc) is 2.62. The van der Waals surface area contributed by atoms with Crippen molar-refractivity contribution in [1.82, 2.24) is 4.31 Å². The zero-order chi connectivity index (χ0) is 17.2. The Kier molecular flexibility index (Phi) is 5.13. The van der Waals surface area contributed by atoms with Crippen molar-refractivity contribution in [2.24, 2.45) is 0 Å². The van der Waals surface area contributed by atoms with E-state index >= 15 is 0 Å². The Bertz CT molecular complexity index is 798. The predicted octanol–water partition coefficient (Wildman–Crippen LogP) is 3.41. The van der Waals surface area contributed by atoms with Crippen molar-refractivity contribution in [2.45, 2.75) is 18.2 Å². The molecule has 1 fully saturated rings. The SMILES string of the molecule is CCc1ccc(S(=O)(=O)N2CCN(c3ccccc3Cl)CC2)cc1. The molecular weight excluding hydrogens is 344 g/mol. The van der Waals surface area contributed by atoms with E-state index in [0.717, 1.165) is 17.7 Å². The molecule has 3 rings (SSSR count). The third kappa shape index (κ3) is 3.43. The predicted molar refractivity (Wildman–Crippen MR) is 98.2 cm³/mol. The fraction of sp³-hybridized carbons (Fsp3) is 0.333. The Balaban J connectivity index is 1.72. The molecule has 0 saturated carbocycles. The zero-order valence-electron chi connectivity index (χ0n) is 13.7. The van der Waals surface area contributed by atoms with Gasteiger partial charge in [0, 0.05) is 26.2 Å². The minimum atomic E-state index is -3.43. The number of sulfonamides is 1. The molecule has 4 nitrogen and oxygen atoms in total. The minimum absolute atomic E-state index is 0.367. The minimum Gasteiger partial charge on any atom is -0.368 e. The van der Waals surface area contributed by atoms with Crippen LogP contribution in [0.4, 0.5) is 5.69 Å².